The number of amides is 1. The molecule has 2 heterocycles. The summed E-state index contributed by atoms with van der Waals surface area (Å²) in [5.74, 6) is 0.333. The molecule has 2 aromatic heterocycles. The van der Waals surface area contributed by atoms with E-state index in [9.17, 15) is 9.59 Å². The molecule has 24 heavy (non-hydrogen) atoms. The Kier molecular flexibility index (Phi) is 4.46. The van der Waals surface area contributed by atoms with Crippen molar-refractivity contribution in [2.24, 2.45) is 0 Å². The van der Waals surface area contributed by atoms with Crippen LogP contribution in [0.15, 0.2) is 51.7 Å². The van der Waals surface area contributed by atoms with Crippen LogP contribution in [0.2, 0.25) is 0 Å². The molecule has 0 saturated carbocycles. The lowest BCUT2D eigenvalue weighted by molar-refractivity contribution is 0.0928. The van der Waals surface area contributed by atoms with Crippen LogP contribution in [-0.4, -0.2) is 15.7 Å². The molecule has 0 aliphatic rings. The third-order valence-electron chi connectivity index (χ3n) is 3.75. The molecule has 1 N–H and O–H groups in total. The predicted molar refractivity (Wildman–Crippen MR) is 90.9 cm³/mol. The largest absolute Gasteiger partial charge is 0.459 e. The molecule has 0 fully saturated rings. The number of aryl methyl sites for hydroxylation is 1. The average Bonchev–Trinajstić information content (AvgIpc) is 3.01. The molecule has 1 unspecified atom stereocenters. The van der Waals surface area contributed by atoms with Crippen LogP contribution in [0.4, 0.5) is 0 Å². The van der Waals surface area contributed by atoms with Crippen LogP contribution in [0, 0.1) is 0 Å². The molecular weight excluding hydrogens is 306 g/mol. The molecule has 3 rings (SSSR count). The number of furan rings is 1. The van der Waals surface area contributed by atoms with Gasteiger partial charge in [0.15, 0.2) is 0 Å². The van der Waals surface area contributed by atoms with E-state index in [1.54, 1.807) is 0 Å². The van der Waals surface area contributed by atoms with E-state index in [1.165, 1.54) is 16.8 Å². The molecule has 0 saturated heterocycles. The number of nitrogens with zero attached hydrogens (tertiary/aromatic N) is 2. The minimum Gasteiger partial charge on any atom is -0.459 e. The van der Waals surface area contributed by atoms with E-state index < -0.39 is 0 Å². The molecule has 0 radical (unpaired) electrons. The van der Waals surface area contributed by atoms with Crippen LogP contribution in [0.3, 0.4) is 0 Å². The lowest BCUT2D eigenvalue weighted by Gasteiger charge is -2.11. The number of carbonyl (C=O) groups is 1. The number of fused-ring (bicyclic) bond motifs is 1. The molecular formula is C18H19N3O3. The van der Waals surface area contributed by atoms with Crippen LogP contribution >= 0.6 is 0 Å². The zero-order valence-electron chi connectivity index (χ0n) is 13.7. The molecule has 0 aliphatic carbocycles. The van der Waals surface area contributed by atoms with E-state index in [4.69, 9.17) is 4.42 Å². The summed E-state index contributed by atoms with van der Waals surface area (Å²) in [6.07, 6.45) is 0.771. The van der Waals surface area contributed by atoms with Gasteiger partial charge in [-0.3, -0.25) is 9.59 Å². The summed E-state index contributed by atoms with van der Waals surface area (Å²) in [5, 5.41) is 7.95. The van der Waals surface area contributed by atoms with Crippen molar-refractivity contribution in [2.75, 3.05) is 0 Å². The second-order valence-corrected chi connectivity index (χ2v) is 5.66. The van der Waals surface area contributed by atoms with Crippen LogP contribution in [-0.2, 0) is 6.54 Å². The van der Waals surface area contributed by atoms with Gasteiger partial charge in [0.1, 0.15) is 17.0 Å². The number of para-hydroxylation sites is 1. The monoisotopic (exact) mass is 325 g/mol. The van der Waals surface area contributed by atoms with Gasteiger partial charge in [-0.25, -0.2) is 4.68 Å². The summed E-state index contributed by atoms with van der Waals surface area (Å²) in [5.41, 5.74) is 0.785. The first-order valence-electron chi connectivity index (χ1n) is 7.96. The molecule has 3 aromatic rings. The summed E-state index contributed by atoms with van der Waals surface area (Å²) in [6, 6.07) is 12.1. The molecule has 124 valence electrons. The molecule has 6 heteroatoms. The van der Waals surface area contributed by atoms with E-state index in [1.807, 2.05) is 44.2 Å². The van der Waals surface area contributed by atoms with Gasteiger partial charge in [0.2, 0.25) is 0 Å². The summed E-state index contributed by atoms with van der Waals surface area (Å²) >= 11 is 0. The van der Waals surface area contributed by atoms with Gasteiger partial charge in [-0.1, -0.05) is 25.1 Å². The maximum Gasteiger partial charge on any atom is 0.272 e. The fourth-order valence-corrected chi connectivity index (χ4v) is 2.50. The number of benzene rings is 1. The molecule has 0 spiro atoms. The Bertz CT molecular complexity index is 893. The molecule has 1 amide bonds. The Morgan fingerprint density at radius 1 is 1.29 bits per heavy atom. The predicted octanol–water partition coefficient (Wildman–Crippen LogP) is 2.89. The summed E-state index contributed by atoms with van der Waals surface area (Å²) in [6.45, 7) is 4.28. The van der Waals surface area contributed by atoms with Crippen molar-refractivity contribution in [3.63, 3.8) is 0 Å². The minimum atomic E-state index is -0.340. The van der Waals surface area contributed by atoms with Gasteiger partial charge in [0.25, 0.3) is 11.5 Å². The van der Waals surface area contributed by atoms with E-state index in [-0.39, 0.29) is 23.2 Å². The van der Waals surface area contributed by atoms with Crippen LogP contribution in [0.1, 0.15) is 42.6 Å². The van der Waals surface area contributed by atoms with E-state index >= 15 is 0 Å². The maximum absolute atomic E-state index is 12.4. The SMILES string of the molecule is CCCn1nc(C(=O)NC(C)c2cc3ccccc3o2)ccc1=O. The lowest BCUT2D eigenvalue weighted by atomic mass is 10.2. The summed E-state index contributed by atoms with van der Waals surface area (Å²) in [4.78, 5) is 24.1. The van der Waals surface area contributed by atoms with Crippen molar-refractivity contribution in [1.29, 1.82) is 0 Å². The third kappa shape index (κ3) is 3.22. The Morgan fingerprint density at radius 3 is 2.83 bits per heavy atom. The normalized spacial score (nSPS) is 12.2. The number of rotatable bonds is 5. The Balaban J connectivity index is 1.78. The smallest absolute Gasteiger partial charge is 0.272 e. The Hall–Kier alpha value is -2.89. The molecule has 0 bridgehead atoms. The standard InChI is InChI=1S/C18H19N3O3/c1-3-10-21-17(22)9-8-14(20-21)18(23)19-12(2)16-11-13-6-4-5-7-15(13)24-16/h4-9,11-12H,3,10H2,1-2H3,(H,19,23). The number of aromatic nitrogens is 2. The van der Waals surface area contributed by atoms with Gasteiger partial charge < -0.3 is 9.73 Å². The summed E-state index contributed by atoms with van der Waals surface area (Å²) < 4.78 is 7.06. The van der Waals surface area contributed by atoms with Crippen LogP contribution in [0.5, 0.6) is 0 Å². The first-order chi connectivity index (χ1) is 11.6. The number of hydrogen-bond donors (Lipinski definition) is 1. The summed E-state index contributed by atoms with van der Waals surface area (Å²) in [7, 11) is 0. The van der Waals surface area contributed by atoms with Crippen molar-refractivity contribution in [3.05, 3.63) is 64.3 Å². The number of hydrogen-bond acceptors (Lipinski definition) is 4. The number of nitrogens with one attached hydrogen (secondary N) is 1. The van der Waals surface area contributed by atoms with Gasteiger partial charge in [-0.15, -0.1) is 0 Å². The number of carbonyl (C=O) groups excluding carboxylic acids is 1. The van der Waals surface area contributed by atoms with Gasteiger partial charge >= 0.3 is 0 Å². The lowest BCUT2D eigenvalue weighted by Crippen LogP contribution is -2.31. The van der Waals surface area contributed by atoms with Gasteiger partial charge in [-0.2, -0.15) is 5.10 Å². The van der Waals surface area contributed by atoms with E-state index in [2.05, 4.69) is 10.4 Å². The third-order valence-corrected chi connectivity index (χ3v) is 3.75. The first kappa shape index (κ1) is 16.0. The Labute approximate surface area is 139 Å². The average molecular weight is 325 g/mol. The highest BCUT2D eigenvalue weighted by molar-refractivity contribution is 5.92. The molecule has 0 aliphatic heterocycles. The quantitative estimate of drug-likeness (QED) is 0.782. The minimum absolute atomic E-state index is 0.210. The van der Waals surface area contributed by atoms with E-state index in [0.29, 0.717) is 12.3 Å². The molecule has 6 nitrogen and oxygen atoms in total. The fourth-order valence-electron chi connectivity index (χ4n) is 2.50. The van der Waals surface area contributed by atoms with Gasteiger partial charge in [0.05, 0.1) is 6.04 Å². The van der Waals surface area contributed by atoms with Crippen molar-refractivity contribution >= 4 is 16.9 Å². The maximum atomic E-state index is 12.4. The zero-order chi connectivity index (χ0) is 17.1. The van der Waals surface area contributed by atoms with E-state index in [0.717, 1.165) is 17.4 Å². The molecule has 1 aromatic carbocycles. The fraction of sp³-hybridized carbons (Fsp3) is 0.278. The first-order valence-corrected chi connectivity index (χ1v) is 7.96. The highest BCUT2D eigenvalue weighted by atomic mass is 16.3. The molecule has 1 atom stereocenters. The second kappa shape index (κ2) is 6.70. The van der Waals surface area contributed by atoms with Crippen molar-refractivity contribution in [2.45, 2.75) is 32.9 Å². The van der Waals surface area contributed by atoms with Gasteiger partial charge in [0, 0.05) is 18.0 Å². The van der Waals surface area contributed by atoms with Crippen molar-refractivity contribution in [3.8, 4) is 0 Å². The van der Waals surface area contributed by atoms with Crippen LogP contribution < -0.4 is 10.9 Å². The highest BCUT2D eigenvalue weighted by Gasteiger charge is 2.16. The van der Waals surface area contributed by atoms with Crippen LogP contribution in [0.25, 0.3) is 11.0 Å². The topological polar surface area (TPSA) is 77.1 Å². The van der Waals surface area contributed by atoms with Crippen molar-refractivity contribution < 1.29 is 9.21 Å². The zero-order valence-corrected chi connectivity index (χ0v) is 13.7. The second-order valence-electron chi connectivity index (χ2n) is 5.66. The Morgan fingerprint density at radius 2 is 2.08 bits per heavy atom. The highest BCUT2D eigenvalue weighted by Crippen LogP contribution is 2.23. The van der Waals surface area contributed by atoms with Crippen molar-refractivity contribution in [1.82, 2.24) is 15.1 Å². The van der Waals surface area contributed by atoms with Gasteiger partial charge in [-0.05, 0) is 31.5 Å².